The van der Waals surface area contributed by atoms with Crippen molar-refractivity contribution in [3.63, 3.8) is 0 Å². The molecule has 0 aliphatic heterocycles. The van der Waals surface area contributed by atoms with E-state index in [2.05, 4.69) is 20.3 Å². The predicted octanol–water partition coefficient (Wildman–Crippen LogP) is 1.04. The molecule has 0 unspecified atom stereocenters. The third kappa shape index (κ3) is 3.74. The maximum absolute atomic E-state index is 10.1. The molecule has 0 aromatic carbocycles. The van der Waals surface area contributed by atoms with Crippen molar-refractivity contribution in [3.8, 4) is 12.0 Å². The molecule has 1 N–H and O–H groups in total. The first-order chi connectivity index (χ1) is 3.81. The van der Waals surface area contributed by atoms with Crippen LogP contribution < -0.4 is 3.53 Å². The van der Waals surface area contributed by atoms with Gasteiger partial charge in [0.15, 0.2) is 0 Å². The number of ether oxygens (including phenoxy) is 1. The Morgan fingerprint density at radius 1 is 1.88 bits per heavy atom. The molecule has 0 aromatic rings. The second-order valence-corrected chi connectivity index (χ2v) is 1.38. The molecular weight excluding hydrogens is 221 g/mol. The molecule has 0 saturated carbocycles. The summed E-state index contributed by atoms with van der Waals surface area (Å²) in [5.41, 5.74) is 0. The minimum Gasteiger partial charge on any atom is -0.355 e. The molecule has 0 spiro atoms. The number of rotatable bonds is 0. The summed E-state index contributed by atoms with van der Waals surface area (Å²) in [7, 11) is 0. The molecule has 0 aliphatic rings. The zero-order chi connectivity index (χ0) is 6.41. The molecule has 0 heterocycles. The summed E-state index contributed by atoms with van der Waals surface area (Å²) in [5, 5.41) is 0. The Morgan fingerprint density at radius 2 is 2.50 bits per heavy atom. The van der Waals surface area contributed by atoms with E-state index in [9.17, 15) is 4.79 Å². The van der Waals surface area contributed by atoms with Crippen LogP contribution in [-0.2, 0) is 4.74 Å². The van der Waals surface area contributed by atoms with Gasteiger partial charge in [-0.2, -0.15) is 0 Å². The van der Waals surface area contributed by atoms with Gasteiger partial charge in [0.25, 0.3) is 0 Å². The first kappa shape index (κ1) is 7.56. The predicted molar refractivity (Wildman–Crippen MR) is 37.1 cm³/mol. The van der Waals surface area contributed by atoms with Gasteiger partial charge in [-0.25, -0.2) is 4.79 Å². The van der Waals surface area contributed by atoms with E-state index in [4.69, 9.17) is 0 Å². The van der Waals surface area contributed by atoms with E-state index in [0.29, 0.717) is 0 Å². The molecule has 0 aromatic heterocycles. The summed E-state index contributed by atoms with van der Waals surface area (Å²) >= 11 is 1.66. The van der Waals surface area contributed by atoms with E-state index in [1.807, 2.05) is 0 Å². The van der Waals surface area contributed by atoms with E-state index < -0.39 is 6.09 Å². The normalized spacial score (nSPS) is 6.25. The lowest BCUT2D eigenvalue weighted by Crippen LogP contribution is -2.09. The largest absolute Gasteiger partial charge is 0.430 e. The lowest BCUT2D eigenvalue weighted by atomic mass is 10.8. The van der Waals surface area contributed by atoms with Gasteiger partial charge in [0, 0.05) is 6.92 Å². The standard InChI is InChI=1S/C4H4INO2/c1-2-3-8-4(7)6-5/h1H3,(H,6,7). The highest BCUT2D eigenvalue weighted by molar-refractivity contribution is 14.1. The Labute approximate surface area is 61.3 Å². The average molecular weight is 225 g/mol. The van der Waals surface area contributed by atoms with Gasteiger partial charge in [0.1, 0.15) is 6.11 Å². The molecule has 0 bridgehead atoms. The highest BCUT2D eigenvalue weighted by Crippen LogP contribution is 1.76. The fourth-order valence-electron chi connectivity index (χ4n) is 0.117. The number of hydrogen-bond acceptors (Lipinski definition) is 2. The number of carbonyl (C=O) groups is 1. The summed E-state index contributed by atoms with van der Waals surface area (Å²) in [4.78, 5) is 10.1. The van der Waals surface area contributed by atoms with Gasteiger partial charge in [-0.15, -0.1) is 0 Å². The Balaban J connectivity index is 3.35. The molecule has 0 saturated heterocycles. The topological polar surface area (TPSA) is 38.3 Å². The van der Waals surface area contributed by atoms with Crippen LogP contribution in [-0.4, -0.2) is 6.09 Å². The average Bonchev–Trinajstić information content (AvgIpc) is 1.83. The summed E-state index contributed by atoms with van der Waals surface area (Å²) in [6.07, 6.45) is 1.59. The van der Waals surface area contributed by atoms with Gasteiger partial charge < -0.3 is 4.74 Å². The molecule has 0 fully saturated rings. The van der Waals surface area contributed by atoms with Gasteiger partial charge in [-0.05, 0) is 0 Å². The minimum absolute atomic E-state index is 0.542. The van der Waals surface area contributed by atoms with Crippen LogP contribution in [0.15, 0.2) is 0 Å². The molecule has 8 heavy (non-hydrogen) atoms. The van der Waals surface area contributed by atoms with Crippen molar-refractivity contribution in [2.45, 2.75) is 6.92 Å². The van der Waals surface area contributed by atoms with Crippen LogP contribution >= 0.6 is 22.9 Å². The first-order valence-electron chi connectivity index (χ1n) is 1.80. The van der Waals surface area contributed by atoms with Gasteiger partial charge >= 0.3 is 6.09 Å². The first-order valence-corrected chi connectivity index (χ1v) is 2.88. The Kier molecular flexibility index (Phi) is 4.45. The number of halogens is 1. The molecule has 44 valence electrons. The van der Waals surface area contributed by atoms with Gasteiger partial charge in [0.2, 0.25) is 0 Å². The smallest absolute Gasteiger partial charge is 0.355 e. The van der Waals surface area contributed by atoms with E-state index in [0.717, 1.165) is 0 Å². The Bertz CT molecular complexity index is 135. The summed E-state index contributed by atoms with van der Waals surface area (Å²) in [5.74, 6) is 2.40. The van der Waals surface area contributed by atoms with Crippen LogP contribution in [0, 0.1) is 12.0 Å². The van der Waals surface area contributed by atoms with Crippen LogP contribution in [0.3, 0.4) is 0 Å². The molecule has 0 rings (SSSR count). The lowest BCUT2D eigenvalue weighted by molar-refractivity contribution is 0.200. The summed E-state index contributed by atoms with van der Waals surface area (Å²) in [6, 6.07) is 0. The van der Waals surface area contributed by atoms with Gasteiger partial charge in [-0.1, -0.05) is 5.92 Å². The van der Waals surface area contributed by atoms with Crippen molar-refractivity contribution in [2.75, 3.05) is 0 Å². The Morgan fingerprint density at radius 3 is 2.88 bits per heavy atom. The van der Waals surface area contributed by atoms with E-state index in [-0.39, 0.29) is 0 Å². The van der Waals surface area contributed by atoms with Crippen molar-refractivity contribution < 1.29 is 9.53 Å². The molecule has 0 atom stereocenters. The zero-order valence-corrected chi connectivity index (χ0v) is 6.35. The monoisotopic (exact) mass is 225 g/mol. The SMILES string of the molecule is CC#COC(=O)NI. The minimum atomic E-state index is -0.542. The van der Waals surface area contributed by atoms with Crippen molar-refractivity contribution >= 4 is 29.0 Å². The van der Waals surface area contributed by atoms with Crippen LogP contribution in [0.5, 0.6) is 0 Å². The van der Waals surface area contributed by atoms with Crippen molar-refractivity contribution in [2.24, 2.45) is 0 Å². The van der Waals surface area contributed by atoms with Crippen molar-refractivity contribution in [1.82, 2.24) is 3.53 Å². The van der Waals surface area contributed by atoms with Crippen molar-refractivity contribution in [3.05, 3.63) is 0 Å². The summed E-state index contributed by atoms with van der Waals surface area (Å²) < 4.78 is 6.43. The van der Waals surface area contributed by atoms with Crippen molar-refractivity contribution in [1.29, 1.82) is 0 Å². The van der Waals surface area contributed by atoms with Crippen LogP contribution in [0.1, 0.15) is 6.92 Å². The fourth-order valence-corrected chi connectivity index (χ4v) is 0.227. The third-order valence-electron chi connectivity index (χ3n) is 0.323. The number of nitrogens with one attached hydrogen (secondary N) is 1. The van der Waals surface area contributed by atoms with E-state index >= 15 is 0 Å². The second kappa shape index (κ2) is 4.71. The molecule has 1 amide bonds. The number of carbonyl (C=O) groups excluding carboxylic acids is 1. The van der Waals surface area contributed by atoms with Gasteiger partial charge in [0.05, 0.1) is 22.9 Å². The maximum Gasteiger partial charge on any atom is 0.430 e. The highest BCUT2D eigenvalue weighted by atomic mass is 127. The maximum atomic E-state index is 10.1. The van der Waals surface area contributed by atoms with Crippen LogP contribution in [0.25, 0.3) is 0 Å². The Hall–Kier alpha value is -0.440. The summed E-state index contributed by atoms with van der Waals surface area (Å²) in [6.45, 7) is 1.58. The lowest BCUT2D eigenvalue weighted by Gasteiger charge is -1.87. The second-order valence-electron chi connectivity index (χ2n) is 0.836. The molecular formula is C4H4INO2. The molecule has 0 aliphatic carbocycles. The quantitative estimate of drug-likeness (QED) is 0.380. The third-order valence-corrected chi connectivity index (χ3v) is 0.763. The molecule has 4 heteroatoms. The number of amides is 1. The number of hydrogen-bond donors (Lipinski definition) is 1. The highest BCUT2D eigenvalue weighted by Gasteiger charge is 1.90. The molecule has 0 radical (unpaired) electrons. The van der Waals surface area contributed by atoms with E-state index in [1.54, 1.807) is 29.8 Å². The van der Waals surface area contributed by atoms with Gasteiger partial charge in [-0.3, -0.25) is 3.53 Å². The fraction of sp³-hybridized carbons (Fsp3) is 0.250. The van der Waals surface area contributed by atoms with Crippen LogP contribution in [0.4, 0.5) is 4.79 Å². The zero-order valence-electron chi connectivity index (χ0n) is 4.19. The van der Waals surface area contributed by atoms with E-state index in [1.165, 1.54) is 0 Å². The van der Waals surface area contributed by atoms with Crippen LogP contribution in [0.2, 0.25) is 0 Å². The molecule has 3 nitrogen and oxygen atoms in total.